The van der Waals surface area contributed by atoms with E-state index in [1.807, 2.05) is 35.1 Å². The molecule has 0 aliphatic rings. The summed E-state index contributed by atoms with van der Waals surface area (Å²) < 4.78 is 14.9. The zero-order chi connectivity index (χ0) is 36.1. The van der Waals surface area contributed by atoms with Gasteiger partial charge in [0.15, 0.2) is 0 Å². The van der Waals surface area contributed by atoms with E-state index in [0.29, 0.717) is 37.7 Å². The van der Waals surface area contributed by atoms with Gasteiger partial charge in [0.2, 0.25) is 5.91 Å². The van der Waals surface area contributed by atoms with Crippen LogP contribution < -0.4 is 20.5 Å². The van der Waals surface area contributed by atoms with Gasteiger partial charge in [0, 0.05) is 23.6 Å². The lowest BCUT2D eigenvalue weighted by Crippen LogP contribution is -2.38. The molecule has 0 saturated heterocycles. The molecule has 5 aromatic carbocycles. The summed E-state index contributed by atoms with van der Waals surface area (Å²) in [6.07, 6.45) is 7.70. The minimum atomic E-state index is -0.0705. The fourth-order valence-electron chi connectivity index (χ4n) is 6.68. The number of fused-ring (bicyclic) bond motifs is 2. The molecule has 0 unspecified atom stereocenters. The molecule has 8 heteroatoms. The van der Waals surface area contributed by atoms with Gasteiger partial charge in [-0.1, -0.05) is 116 Å². The van der Waals surface area contributed by atoms with Crippen LogP contribution in [0.5, 0.6) is 11.5 Å². The summed E-state index contributed by atoms with van der Waals surface area (Å²) in [6, 6.07) is 35.4. The predicted octanol–water partition coefficient (Wildman–Crippen LogP) is 8.89. The van der Waals surface area contributed by atoms with Gasteiger partial charge < -0.3 is 20.5 Å². The van der Waals surface area contributed by atoms with Crippen molar-refractivity contribution in [3.05, 3.63) is 121 Å². The molecule has 3 N–H and O–H groups in total. The second-order valence-corrected chi connectivity index (χ2v) is 14.0. The molecule has 0 saturated carbocycles. The highest BCUT2D eigenvalue weighted by Crippen LogP contribution is 2.45. The molecule has 1 atom stereocenters. The maximum Gasteiger partial charge on any atom is 0.220 e. The van der Waals surface area contributed by atoms with Crippen molar-refractivity contribution >= 4 is 27.5 Å². The average Bonchev–Trinajstić information content (AvgIpc) is 3.61. The Labute approximate surface area is 307 Å². The highest BCUT2D eigenvalue weighted by Gasteiger charge is 2.20. The second-order valence-electron chi connectivity index (χ2n) is 14.0. The summed E-state index contributed by atoms with van der Waals surface area (Å²) in [5, 5.41) is 16.6. The van der Waals surface area contributed by atoms with Gasteiger partial charge in [-0.15, -0.1) is 5.10 Å². The Balaban J connectivity index is 1.20. The fourth-order valence-corrected chi connectivity index (χ4v) is 6.68. The van der Waals surface area contributed by atoms with E-state index in [0.717, 1.165) is 82.7 Å². The number of ether oxygens (including phenoxy) is 2. The van der Waals surface area contributed by atoms with Crippen molar-refractivity contribution < 1.29 is 14.3 Å². The van der Waals surface area contributed by atoms with Crippen LogP contribution in [0.2, 0.25) is 0 Å². The Morgan fingerprint density at radius 3 is 2.10 bits per heavy atom. The number of carbonyl (C=O) groups is 1. The van der Waals surface area contributed by atoms with E-state index in [9.17, 15) is 4.79 Å². The second kappa shape index (κ2) is 18.3. The number of nitrogens with one attached hydrogen (secondary N) is 1. The van der Waals surface area contributed by atoms with Crippen molar-refractivity contribution in [2.45, 2.75) is 78.0 Å². The maximum absolute atomic E-state index is 13.0. The van der Waals surface area contributed by atoms with E-state index in [2.05, 4.69) is 108 Å². The molecule has 0 radical (unpaired) electrons. The van der Waals surface area contributed by atoms with Crippen LogP contribution in [0.3, 0.4) is 0 Å². The first-order valence-corrected chi connectivity index (χ1v) is 18.7. The summed E-state index contributed by atoms with van der Waals surface area (Å²) in [7, 11) is 0. The van der Waals surface area contributed by atoms with Gasteiger partial charge in [0.1, 0.15) is 23.8 Å². The molecule has 0 aliphatic carbocycles. The van der Waals surface area contributed by atoms with Gasteiger partial charge in [-0.25, -0.2) is 0 Å². The number of hydrogen-bond donors (Lipinski definition) is 2. The molecule has 8 nitrogen and oxygen atoms in total. The molecule has 0 bridgehead atoms. The van der Waals surface area contributed by atoms with Crippen molar-refractivity contribution in [2.24, 2.45) is 11.7 Å². The van der Waals surface area contributed by atoms with E-state index >= 15 is 0 Å². The molecule has 0 aliphatic heterocycles. The number of hydrogen-bond acceptors (Lipinski definition) is 6. The van der Waals surface area contributed by atoms with Crippen LogP contribution >= 0.6 is 0 Å². The SMILES string of the molecule is CC(C)CCOc1ccc2ccccc2c1-c1c(OCc2cn(C[C@@H](CCCCN)NC(=O)CCCc3ccccc3)nn2)ccc2ccccc12. The Bertz CT molecular complexity index is 2040. The van der Waals surface area contributed by atoms with Crippen molar-refractivity contribution in [2.75, 3.05) is 13.2 Å². The van der Waals surface area contributed by atoms with Crippen molar-refractivity contribution in [1.82, 2.24) is 20.3 Å². The summed E-state index contributed by atoms with van der Waals surface area (Å²) in [5.41, 5.74) is 9.76. The summed E-state index contributed by atoms with van der Waals surface area (Å²) in [6.45, 7) is 6.45. The molecule has 1 heterocycles. The highest BCUT2D eigenvalue weighted by molar-refractivity contribution is 6.09. The van der Waals surface area contributed by atoms with E-state index in [4.69, 9.17) is 15.2 Å². The van der Waals surface area contributed by atoms with Gasteiger partial charge in [-0.2, -0.15) is 0 Å². The molecule has 1 aromatic heterocycles. The van der Waals surface area contributed by atoms with Gasteiger partial charge in [-0.05, 0) is 83.8 Å². The number of nitrogens with zero attached hydrogens (tertiary/aromatic N) is 3. The van der Waals surface area contributed by atoms with Crippen molar-refractivity contribution in [3.63, 3.8) is 0 Å². The quantitative estimate of drug-likeness (QED) is 0.0820. The lowest BCUT2D eigenvalue weighted by atomic mass is 9.92. The van der Waals surface area contributed by atoms with Crippen LogP contribution in [0.25, 0.3) is 32.7 Å². The lowest BCUT2D eigenvalue weighted by molar-refractivity contribution is -0.122. The van der Waals surface area contributed by atoms with Crippen molar-refractivity contribution in [3.8, 4) is 22.6 Å². The van der Waals surface area contributed by atoms with Crippen LogP contribution in [0.4, 0.5) is 0 Å². The fraction of sp³-hybridized carbons (Fsp3) is 0.341. The first-order valence-electron chi connectivity index (χ1n) is 18.7. The first-order chi connectivity index (χ1) is 25.5. The van der Waals surface area contributed by atoms with E-state index in [1.54, 1.807) is 0 Å². The Morgan fingerprint density at radius 2 is 1.42 bits per heavy atom. The molecule has 270 valence electrons. The smallest absolute Gasteiger partial charge is 0.220 e. The number of carbonyl (C=O) groups excluding carboxylic acids is 1. The van der Waals surface area contributed by atoms with E-state index in [1.165, 1.54) is 5.56 Å². The van der Waals surface area contributed by atoms with Crippen LogP contribution in [0.15, 0.2) is 109 Å². The zero-order valence-corrected chi connectivity index (χ0v) is 30.5. The minimum absolute atomic E-state index is 0.0576. The van der Waals surface area contributed by atoms with Gasteiger partial charge >= 0.3 is 0 Å². The number of benzene rings is 5. The molecular weight excluding hydrogens is 647 g/mol. The van der Waals surface area contributed by atoms with Gasteiger partial charge in [-0.3, -0.25) is 9.48 Å². The molecule has 6 rings (SSSR count). The van der Waals surface area contributed by atoms with Gasteiger partial charge in [0.05, 0.1) is 19.3 Å². The Kier molecular flexibility index (Phi) is 12.9. The number of amides is 1. The predicted molar refractivity (Wildman–Crippen MR) is 210 cm³/mol. The maximum atomic E-state index is 13.0. The normalized spacial score (nSPS) is 12.0. The largest absolute Gasteiger partial charge is 0.493 e. The number of unbranched alkanes of at least 4 members (excludes halogenated alkanes) is 1. The topological polar surface area (TPSA) is 104 Å². The van der Waals surface area contributed by atoms with E-state index in [-0.39, 0.29) is 18.6 Å². The van der Waals surface area contributed by atoms with Crippen molar-refractivity contribution in [1.29, 1.82) is 0 Å². The minimum Gasteiger partial charge on any atom is -0.493 e. The number of rotatable bonds is 19. The third-order valence-electron chi connectivity index (χ3n) is 9.44. The molecule has 1 amide bonds. The third kappa shape index (κ3) is 9.76. The number of aryl methyl sites for hydroxylation is 1. The summed E-state index contributed by atoms with van der Waals surface area (Å²) >= 11 is 0. The lowest BCUT2D eigenvalue weighted by Gasteiger charge is -2.20. The van der Waals surface area contributed by atoms with Gasteiger partial charge in [0.25, 0.3) is 0 Å². The highest BCUT2D eigenvalue weighted by atomic mass is 16.5. The van der Waals surface area contributed by atoms with E-state index < -0.39 is 0 Å². The zero-order valence-electron chi connectivity index (χ0n) is 30.5. The van der Waals surface area contributed by atoms with Crippen LogP contribution in [-0.2, 0) is 24.4 Å². The Morgan fingerprint density at radius 1 is 0.769 bits per heavy atom. The monoisotopic (exact) mass is 697 g/mol. The number of nitrogens with two attached hydrogens (primary N) is 1. The van der Waals surface area contributed by atoms with Crippen LogP contribution in [0.1, 0.15) is 63.6 Å². The standard InChI is InChI=1S/C44H51N5O3/c1-32(2)26-28-51-40-24-22-34-16-6-8-19-38(34)43(40)44-39-20-9-7-17-35(39)23-25-41(44)52-31-37-30-49(48-47-37)29-36(18-10-11-27-45)46-42(50)21-12-15-33-13-4-3-5-14-33/h3-9,13-14,16-17,19-20,22-25,30,32,36H,10-12,15,18,21,26-29,31,45H2,1-2H3,(H,46,50)/t36-/m1/s1. The molecule has 6 aromatic rings. The summed E-state index contributed by atoms with van der Waals surface area (Å²) in [4.78, 5) is 13.0. The molecule has 52 heavy (non-hydrogen) atoms. The third-order valence-corrected chi connectivity index (χ3v) is 9.44. The summed E-state index contributed by atoms with van der Waals surface area (Å²) in [5.74, 6) is 2.19. The average molecular weight is 698 g/mol. The Hall–Kier alpha value is -5.21. The number of aromatic nitrogens is 3. The molecular formula is C44H51N5O3. The van der Waals surface area contributed by atoms with Crippen LogP contribution in [-0.4, -0.2) is 40.1 Å². The molecule has 0 fully saturated rings. The molecule has 0 spiro atoms. The first kappa shape index (κ1) is 36.6. The van der Waals surface area contributed by atoms with Crippen LogP contribution in [0, 0.1) is 5.92 Å².